The topological polar surface area (TPSA) is 81.4 Å². The standard InChI is InChI=1S/C16H22N2O3.ClH/c1-21-14(19)13(11-12-7-3-2-4-8-12)18-15(20)16(17)9-5-6-10-16;/h2-4,7-8,13H,5-6,9-11,17H2,1H3,(H,18,20);1H. The zero-order chi connectivity index (χ0) is 15.3. The number of halogens is 1. The maximum Gasteiger partial charge on any atom is 0.328 e. The first kappa shape index (κ1) is 18.5. The smallest absolute Gasteiger partial charge is 0.328 e. The highest BCUT2D eigenvalue weighted by Crippen LogP contribution is 2.27. The van der Waals surface area contributed by atoms with Crippen molar-refractivity contribution in [3.05, 3.63) is 35.9 Å². The Balaban J connectivity index is 0.00000242. The van der Waals surface area contributed by atoms with E-state index in [2.05, 4.69) is 5.32 Å². The molecule has 1 unspecified atom stereocenters. The molecule has 0 bridgehead atoms. The fraction of sp³-hybridized carbons (Fsp3) is 0.500. The number of ether oxygens (including phenoxy) is 1. The molecule has 0 radical (unpaired) electrons. The second kappa shape index (κ2) is 8.15. The molecular weight excluding hydrogens is 304 g/mol. The van der Waals surface area contributed by atoms with Gasteiger partial charge in [0.05, 0.1) is 12.6 Å². The van der Waals surface area contributed by atoms with Crippen molar-refractivity contribution in [2.24, 2.45) is 5.73 Å². The van der Waals surface area contributed by atoms with E-state index in [0.29, 0.717) is 19.3 Å². The van der Waals surface area contributed by atoms with Crippen LogP contribution in [0.5, 0.6) is 0 Å². The van der Waals surface area contributed by atoms with Crippen molar-refractivity contribution >= 4 is 24.3 Å². The predicted molar refractivity (Wildman–Crippen MR) is 86.7 cm³/mol. The summed E-state index contributed by atoms with van der Waals surface area (Å²) in [7, 11) is 1.32. The number of benzene rings is 1. The number of carbonyl (C=O) groups excluding carboxylic acids is 2. The average molecular weight is 327 g/mol. The number of nitrogens with two attached hydrogens (primary N) is 1. The minimum atomic E-state index is -0.844. The number of hydrogen-bond donors (Lipinski definition) is 2. The molecule has 1 aromatic rings. The summed E-state index contributed by atoms with van der Waals surface area (Å²) in [6, 6.07) is 8.82. The van der Waals surface area contributed by atoms with Crippen molar-refractivity contribution in [2.75, 3.05) is 7.11 Å². The molecule has 1 amide bonds. The molecule has 1 fully saturated rings. The summed E-state index contributed by atoms with van der Waals surface area (Å²) in [6.07, 6.45) is 3.63. The Hall–Kier alpha value is -1.59. The van der Waals surface area contributed by atoms with Crippen LogP contribution in [-0.2, 0) is 20.7 Å². The molecule has 1 aliphatic carbocycles. The summed E-state index contributed by atoms with van der Waals surface area (Å²) in [4.78, 5) is 24.2. The summed E-state index contributed by atoms with van der Waals surface area (Å²) in [5.41, 5.74) is 6.24. The number of amides is 1. The van der Waals surface area contributed by atoms with E-state index in [4.69, 9.17) is 10.5 Å². The molecule has 0 spiro atoms. The molecule has 2 rings (SSSR count). The molecule has 0 heterocycles. The minimum Gasteiger partial charge on any atom is -0.467 e. The number of hydrogen-bond acceptors (Lipinski definition) is 4. The predicted octanol–water partition coefficient (Wildman–Crippen LogP) is 1.58. The SMILES string of the molecule is COC(=O)C(Cc1ccccc1)NC(=O)C1(N)CCCC1.Cl. The lowest BCUT2D eigenvalue weighted by molar-refractivity contribution is -0.145. The van der Waals surface area contributed by atoms with Crippen molar-refractivity contribution in [3.8, 4) is 0 Å². The number of rotatable bonds is 5. The summed E-state index contributed by atoms with van der Waals surface area (Å²) in [5, 5.41) is 2.76. The van der Waals surface area contributed by atoms with Crippen molar-refractivity contribution in [3.63, 3.8) is 0 Å². The van der Waals surface area contributed by atoms with Gasteiger partial charge in [-0.05, 0) is 18.4 Å². The van der Waals surface area contributed by atoms with Crippen molar-refractivity contribution < 1.29 is 14.3 Å². The van der Waals surface area contributed by atoms with Crippen molar-refractivity contribution in [1.29, 1.82) is 0 Å². The summed E-state index contributed by atoms with van der Waals surface area (Å²) < 4.78 is 4.79. The van der Waals surface area contributed by atoms with E-state index >= 15 is 0 Å². The second-order valence-electron chi connectivity index (χ2n) is 5.60. The van der Waals surface area contributed by atoms with Gasteiger partial charge in [0.25, 0.3) is 0 Å². The zero-order valence-corrected chi connectivity index (χ0v) is 13.5. The van der Waals surface area contributed by atoms with E-state index in [9.17, 15) is 9.59 Å². The highest BCUT2D eigenvalue weighted by atomic mass is 35.5. The minimum absolute atomic E-state index is 0. The van der Waals surface area contributed by atoms with Crippen LogP contribution < -0.4 is 11.1 Å². The van der Waals surface area contributed by atoms with Crippen LogP contribution in [0.15, 0.2) is 30.3 Å². The Morgan fingerprint density at radius 1 is 1.27 bits per heavy atom. The summed E-state index contributed by atoms with van der Waals surface area (Å²) in [5.74, 6) is -0.708. The van der Waals surface area contributed by atoms with Gasteiger partial charge in [0.1, 0.15) is 6.04 Å². The monoisotopic (exact) mass is 326 g/mol. The molecule has 0 aliphatic heterocycles. The van der Waals surface area contributed by atoms with Crippen LogP contribution in [0, 0.1) is 0 Å². The highest BCUT2D eigenvalue weighted by molar-refractivity contribution is 5.90. The van der Waals surface area contributed by atoms with Crippen molar-refractivity contribution in [2.45, 2.75) is 43.7 Å². The number of carbonyl (C=O) groups is 2. The normalized spacial score (nSPS) is 17.2. The van der Waals surface area contributed by atoms with Crippen LogP contribution in [-0.4, -0.2) is 30.6 Å². The molecule has 0 saturated heterocycles. The molecule has 0 aromatic heterocycles. The molecule has 6 heteroatoms. The fourth-order valence-corrected chi connectivity index (χ4v) is 2.72. The third kappa shape index (κ3) is 4.45. The molecule has 1 aromatic carbocycles. The van der Waals surface area contributed by atoms with Gasteiger partial charge in [0, 0.05) is 6.42 Å². The van der Waals surface area contributed by atoms with Gasteiger partial charge in [0.15, 0.2) is 0 Å². The van der Waals surface area contributed by atoms with Gasteiger partial charge in [-0.1, -0.05) is 43.2 Å². The average Bonchev–Trinajstić information content (AvgIpc) is 2.95. The first-order valence-electron chi connectivity index (χ1n) is 7.27. The van der Waals surface area contributed by atoms with E-state index in [0.717, 1.165) is 18.4 Å². The van der Waals surface area contributed by atoms with Gasteiger partial charge in [-0.3, -0.25) is 4.79 Å². The van der Waals surface area contributed by atoms with Crippen LogP contribution in [0.3, 0.4) is 0 Å². The number of methoxy groups -OCH3 is 1. The van der Waals surface area contributed by atoms with Gasteiger partial charge < -0.3 is 15.8 Å². The van der Waals surface area contributed by atoms with Gasteiger partial charge in [-0.2, -0.15) is 0 Å². The number of esters is 1. The third-order valence-corrected chi connectivity index (χ3v) is 4.02. The Bertz CT molecular complexity index is 501. The molecular formula is C16H23ClN2O3. The molecule has 3 N–H and O–H groups in total. The van der Waals surface area contributed by atoms with Gasteiger partial charge in [-0.25, -0.2) is 4.79 Å². The Kier molecular flexibility index (Phi) is 6.84. The largest absolute Gasteiger partial charge is 0.467 e. The first-order valence-corrected chi connectivity index (χ1v) is 7.27. The van der Waals surface area contributed by atoms with Gasteiger partial charge in [0.2, 0.25) is 5.91 Å². The van der Waals surface area contributed by atoms with Crippen LogP contribution in [0.2, 0.25) is 0 Å². The fourth-order valence-electron chi connectivity index (χ4n) is 2.72. The second-order valence-corrected chi connectivity index (χ2v) is 5.60. The van der Waals surface area contributed by atoms with E-state index in [1.165, 1.54) is 7.11 Å². The molecule has 122 valence electrons. The zero-order valence-electron chi connectivity index (χ0n) is 12.7. The molecule has 5 nitrogen and oxygen atoms in total. The first-order chi connectivity index (χ1) is 10.0. The lowest BCUT2D eigenvalue weighted by atomic mass is 9.96. The maximum atomic E-state index is 12.3. The van der Waals surface area contributed by atoms with E-state index < -0.39 is 17.6 Å². The van der Waals surface area contributed by atoms with Crippen LogP contribution in [0.25, 0.3) is 0 Å². The Labute approximate surface area is 137 Å². The van der Waals surface area contributed by atoms with Crippen LogP contribution in [0.4, 0.5) is 0 Å². The van der Waals surface area contributed by atoms with E-state index in [1.54, 1.807) is 0 Å². The van der Waals surface area contributed by atoms with Crippen molar-refractivity contribution in [1.82, 2.24) is 5.32 Å². The van der Waals surface area contributed by atoms with Gasteiger partial charge in [-0.15, -0.1) is 12.4 Å². The maximum absolute atomic E-state index is 12.3. The Morgan fingerprint density at radius 2 is 1.86 bits per heavy atom. The number of nitrogens with one attached hydrogen (secondary N) is 1. The Morgan fingerprint density at radius 3 is 2.41 bits per heavy atom. The molecule has 1 saturated carbocycles. The van der Waals surface area contributed by atoms with E-state index in [1.807, 2.05) is 30.3 Å². The lowest BCUT2D eigenvalue weighted by Crippen LogP contribution is -2.56. The third-order valence-electron chi connectivity index (χ3n) is 4.02. The van der Waals surface area contributed by atoms with Crippen LogP contribution >= 0.6 is 12.4 Å². The quantitative estimate of drug-likeness (QED) is 0.805. The lowest BCUT2D eigenvalue weighted by Gasteiger charge is -2.25. The summed E-state index contributed by atoms with van der Waals surface area (Å²) in [6.45, 7) is 0. The molecule has 1 aliphatic rings. The molecule has 22 heavy (non-hydrogen) atoms. The van der Waals surface area contributed by atoms with Crippen LogP contribution in [0.1, 0.15) is 31.2 Å². The van der Waals surface area contributed by atoms with E-state index in [-0.39, 0.29) is 18.3 Å². The summed E-state index contributed by atoms with van der Waals surface area (Å²) >= 11 is 0. The van der Waals surface area contributed by atoms with Gasteiger partial charge >= 0.3 is 5.97 Å². The molecule has 1 atom stereocenters. The highest BCUT2D eigenvalue weighted by Gasteiger charge is 2.38.